The first-order chi connectivity index (χ1) is 11.2. The number of para-hydroxylation sites is 2. The maximum atomic E-state index is 5.98. The van der Waals surface area contributed by atoms with Gasteiger partial charge in [0.15, 0.2) is 11.5 Å². The summed E-state index contributed by atoms with van der Waals surface area (Å²) in [6.07, 6.45) is 4.27. The van der Waals surface area contributed by atoms with Gasteiger partial charge < -0.3 is 4.42 Å². The van der Waals surface area contributed by atoms with E-state index in [9.17, 15) is 0 Å². The molecule has 5 heteroatoms. The van der Waals surface area contributed by atoms with Crippen molar-refractivity contribution in [2.45, 2.75) is 32.2 Å². The molecule has 0 saturated carbocycles. The molecule has 1 aromatic carbocycles. The average molecular weight is 310 g/mol. The molecule has 4 rings (SSSR count). The highest BCUT2D eigenvalue weighted by atomic mass is 16.3. The lowest BCUT2D eigenvalue weighted by atomic mass is 9.97. The Morgan fingerprint density at radius 3 is 2.96 bits per heavy atom. The minimum absolute atomic E-state index is 0.379. The van der Waals surface area contributed by atoms with Gasteiger partial charge >= 0.3 is 0 Å². The summed E-state index contributed by atoms with van der Waals surface area (Å²) in [6.45, 7) is 5.20. The van der Waals surface area contributed by atoms with E-state index >= 15 is 0 Å². The molecule has 0 radical (unpaired) electrons. The quantitative estimate of drug-likeness (QED) is 0.745. The highest BCUT2D eigenvalue weighted by molar-refractivity contribution is 5.72. The van der Waals surface area contributed by atoms with Crippen molar-refractivity contribution in [1.82, 2.24) is 19.7 Å². The van der Waals surface area contributed by atoms with Crippen LogP contribution in [-0.4, -0.2) is 32.8 Å². The highest BCUT2D eigenvalue weighted by Gasteiger charge is 2.26. The molecular formula is C18H22N4O. The molecule has 0 amide bonds. The predicted molar refractivity (Wildman–Crippen MR) is 89.2 cm³/mol. The van der Waals surface area contributed by atoms with Crippen LogP contribution in [0, 0.1) is 6.92 Å². The zero-order chi connectivity index (χ0) is 15.8. The van der Waals surface area contributed by atoms with E-state index in [-0.39, 0.29) is 0 Å². The lowest BCUT2D eigenvalue weighted by Crippen LogP contribution is -2.34. The zero-order valence-corrected chi connectivity index (χ0v) is 13.7. The van der Waals surface area contributed by atoms with Gasteiger partial charge in [0, 0.05) is 26.1 Å². The third-order valence-electron chi connectivity index (χ3n) is 4.81. The van der Waals surface area contributed by atoms with E-state index in [1.807, 2.05) is 42.2 Å². The van der Waals surface area contributed by atoms with Crippen LogP contribution in [-0.2, 0) is 13.6 Å². The largest absolute Gasteiger partial charge is 0.440 e. The summed E-state index contributed by atoms with van der Waals surface area (Å²) < 4.78 is 7.97. The number of nitrogens with zero attached hydrogens (tertiary/aromatic N) is 4. The smallest absolute Gasteiger partial charge is 0.199 e. The maximum absolute atomic E-state index is 5.98. The molecule has 1 unspecified atom stereocenters. The summed E-state index contributed by atoms with van der Waals surface area (Å²) in [5.41, 5.74) is 4.41. The standard InChI is InChI=1S/C18H22N4O/c1-13-10-19-21(2)16(13)12-22-9-5-6-14(11-22)18-20-15-7-3-4-8-17(15)23-18/h3-4,7-8,10,14H,5-6,9,11-12H2,1-2H3. The van der Waals surface area contributed by atoms with Crippen LogP contribution >= 0.6 is 0 Å². The van der Waals surface area contributed by atoms with Gasteiger partial charge in [-0.2, -0.15) is 5.10 Å². The van der Waals surface area contributed by atoms with Crippen LogP contribution in [0.5, 0.6) is 0 Å². The fraction of sp³-hybridized carbons (Fsp3) is 0.444. The van der Waals surface area contributed by atoms with Gasteiger partial charge in [-0.3, -0.25) is 9.58 Å². The van der Waals surface area contributed by atoms with Crippen molar-refractivity contribution < 1.29 is 4.42 Å². The van der Waals surface area contributed by atoms with E-state index in [1.54, 1.807) is 0 Å². The summed E-state index contributed by atoms with van der Waals surface area (Å²) in [7, 11) is 2.02. The summed E-state index contributed by atoms with van der Waals surface area (Å²) in [6, 6.07) is 8.01. The van der Waals surface area contributed by atoms with E-state index in [4.69, 9.17) is 9.40 Å². The average Bonchev–Trinajstić information content (AvgIpc) is 3.14. The first-order valence-corrected chi connectivity index (χ1v) is 8.26. The summed E-state index contributed by atoms with van der Waals surface area (Å²) >= 11 is 0. The van der Waals surface area contributed by atoms with E-state index in [2.05, 4.69) is 16.9 Å². The third-order valence-corrected chi connectivity index (χ3v) is 4.81. The number of hydrogen-bond acceptors (Lipinski definition) is 4. The van der Waals surface area contributed by atoms with Crippen LogP contribution in [0.1, 0.15) is 35.9 Å². The number of hydrogen-bond donors (Lipinski definition) is 0. The number of benzene rings is 1. The molecule has 1 aliphatic rings. The molecule has 0 spiro atoms. The molecule has 0 aliphatic carbocycles. The molecule has 23 heavy (non-hydrogen) atoms. The number of piperidine rings is 1. The van der Waals surface area contributed by atoms with Crippen LogP contribution in [0.15, 0.2) is 34.9 Å². The lowest BCUT2D eigenvalue weighted by molar-refractivity contribution is 0.183. The van der Waals surface area contributed by atoms with Crippen molar-refractivity contribution in [3.05, 3.63) is 47.6 Å². The molecule has 1 saturated heterocycles. The van der Waals surface area contributed by atoms with Gasteiger partial charge in [0.05, 0.1) is 11.9 Å². The van der Waals surface area contributed by atoms with Crippen molar-refractivity contribution in [3.8, 4) is 0 Å². The Balaban J connectivity index is 1.52. The number of likely N-dealkylation sites (tertiary alicyclic amines) is 1. The Morgan fingerprint density at radius 1 is 1.30 bits per heavy atom. The second-order valence-corrected chi connectivity index (χ2v) is 6.49. The van der Waals surface area contributed by atoms with Crippen LogP contribution in [0.2, 0.25) is 0 Å². The van der Waals surface area contributed by atoms with Gasteiger partial charge in [-0.15, -0.1) is 0 Å². The maximum Gasteiger partial charge on any atom is 0.199 e. The molecule has 2 aromatic heterocycles. The zero-order valence-electron chi connectivity index (χ0n) is 13.7. The molecule has 3 heterocycles. The number of rotatable bonds is 3. The van der Waals surface area contributed by atoms with Gasteiger partial charge in [0.2, 0.25) is 0 Å². The Kier molecular flexibility index (Phi) is 3.65. The van der Waals surface area contributed by atoms with Crippen LogP contribution in [0.25, 0.3) is 11.1 Å². The van der Waals surface area contributed by atoms with Crippen LogP contribution < -0.4 is 0 Å². The molecular weight excluding hydrogens is 288 g/mol. The fourth-order valence-corrected chi connectivity index (χ4v) is 3.48. The molecule has 3 aromatic rings. The van der Waals surface area contributed by atoms with E-state index in [0.717, 1.165) is 43.0 Å². The SMILES string of the molecule is Cc1cnn(C)c1CN1CCCC(c2nc3ccccc3o2)C1. The van der Waals surface area contributed by atoms with E-state index < -0.39 is 0 Å². The first kappa shape index (κ1) is 14.5. The van der Waals surface area contributed by atoms with Gasteiger partial charge in [-0.05, 0) is 44.0 Å². The van der Waals surface area contributed by atoms with Crippen LogP contribution in [0.3, 0.4) is 0 Å². The van der Waals surface area contributed by atoms with Crippen LogP contribution in [0.4, 0.5) is 0 Å². The van der Waals surface area contributed by atoms with Gasteiger partial charge in [0.25, 0.3) is 0 Å². The molecule has 0 bridgehead atoms. The van der Waals surface area contributed by atoms with Crippen molar-refractivity contribution in [2.24, 2.45) is 7.05 Å². The molecule has 0 N–H and O–H groups in total. The minimum Gasteiger partial charge on any atom is -0.440 e. The second kappa shape index (κ2) is 5.81. The Bertz CT molecular complexity index is 767. The van der Waals surface area contributed by atoms with Crippen molar-refractivity contribution in [2.75, 3.05) is 13.1 Å². The van der Waals surface area contributed by atoms with Gasteiger partial charge in [-0.1, -0.05) is 12.1 Å². The summed E-state index contributed by atoms with van der Waals surface area (Å²) in [5.74, 6) is 1.27. The topological polar surface area (TPSA) is 47.1 Å². The van der Waals surface area contributed by atoms with Crippen molar-refractivity contribution >= 4 is 11.1 Å². The number of aromatic nitrogens is 3. The predicted octanol–water partition coefficient (Wildman–Crippen LogP) is 3.25. The Morgan fingerprint density at radius 2 is 2.17 bits per heavy atom. The number of aryl methyl sites for hydroxylation is 2. The Hall–Kier alpha value is -2.14. The monoisotopic (exact) mass is 310 g/mol. The molecule has 1 atom stereocenters. The normalized spacial score (nSPS) is 19.5. The molecule has 1 fully saturated rings. The van der Waals surface area contributed by atoms with Crippen molar-refractivity contribution in [1.29, 1.82) is 0 Å². The summed E-state index contributed by atoms with van der Waals surface area (Å²) in [4.78, 5) is 7.19. The van der Waals surface area contributed by atoms with Gasteiger partial charge in [0.1, 0.15) is 5.52 Å². The summed E-state index contributed by atoms with van der Waals surface area (Å²) in [5, 5.41) is 4.35. The minimum atomic E-state index is 0.379. The second-order valence-electron chi connectivity index (χ2n) is 6.49. The fourth-order valence-electron chi connectivity index (χ4n) is 3.48. The van der Waals surface area contributed by atoms with Gasteiger partial charge in [-0.25, -0.2) is 4.98 Å². The lowest BCUT2D eigenvalue weighted by Gasteiger charge is -2.31. The number of oxazole rings is 1. The number of fused-ring (bicyclic) bond motifs is 1. The third kappa shape index (κ3) is 2.77. The molecule has 1 aliphatic heterocycles. The highest BCUT2D eigenvalue weighted by Crippen LogP contribution is 2.29. The first-order valence-electron chi connectivity index (χ1n) is 8.26. The Labute approximate surface area is 135 Å². The molecule has 5 nitrogen and oxygen atoms in total. The van der Waals surface area contributed by atoms with E-state index in [1.165, 1.54) is 17.7 Å². The molecule has 120 valence electrons. The van der Waals surface area contributed by atoms with E-state index in [0.29, 0.717) is 5.92 Å². The van der Waals surface area contributed by atoms with Crippen molar-refractivity contribution in [3.63, 3.8) is 0 Å².